The average molecular weight is 378 g/mol. The molecule has 1 unspecified atom stereocenters. The zero-order chi connectivity index (χ0) is 20.4. The summed E-state index contributed by atoms with van der Waals surface area (Å²) in [6.07, 6.45) is 2.81. The predicted molar refractivity (Wildman–Crippen MR) is 110 cm³/mol. The van der Waals surface area contributed by atoms with Gasteiger partial charge in [0.25, 0.3) is 0 Å². The summed E-state index contributed by atoms with van der Waals surface area (Å²) < 4.78 is 11.5. The molecule has 1 aromatic carbocycles. The molecule has 0 amide bonds. The number of ketones is 1. The molecule has 152 valence electrons. The van der Waals surface area contributed by atoms with Gasteiger partial charge < -0.3 is 14.6 Å². The van der Waals surface area contributed by atoms with Crippen molar-refractivity contribution in [1.82, 2.24) is 0 Å². The van der Waals surface area contributed by atoms with E-state index in [0.717, 1.165) is 19.3 Å². The van der Waals surface area contributed by atoms with E-state index in [9.17, 15) is 9.90 Å². The molecule has 0 aliphatic carbocycles. The third-order valence-corrected chi connectivity index (χ3v) is 3.94. The van der Waals surface area contributed by atoms with Crippen LogP contribution in [0, 0.1) is 5.92 Å². The Morgan fingerprint density at radius 1 is 1.19 bits per heavy atom. The number of benzene rings is 1. The van der Waals surface area contributed by atoms with E-state index in [1.54, 1.807) is 12.1 Å². The van der Waals surface area contributed by atoms with Gasteiger partial charge in [0.05, 0.1) is 23.5 Å². The molecular formula is C22H35NO4. The molecule has 1 rings (SSSR count). The quantitative estimate of drug-likeness (QED) is 0.322. The number of carbonyl (C=O) groups excluding carboxylic acids is 1. The predicted octanol–water partition coefficient (Wildman–Crippen LogP) is 5.32. The number of aliphatic hydroxyl groups excluding tert-OH is 1. The Morgan fingerprint density at radius 3 is 2.44 bits per heavy atom. The van der Waals surface area contributed by atoms with Gasteiger partial charge in [-0.2, -0.15) is 0 Å². The molecule has 0 aromatic heterocycles. The number of aliphatic imine (C=N–C) groups is 1. The van der Waals surface area contributed by atoms with E-state index in [1.807, 2.05) is 19.9 Å². The van der Waals surface area contributed by atoms with Crippen LogP contribution < -0.4 is 4.74 Å². The summed E-state index contributed by atoms with van der Waals surface area (Å²) >= 11 is 0. The SMILES string of the molecule is CCCC(=Nc1ccc(OCC(O)CCC(C)C)c(C(C)=O)c1)OC(C)C. The van der Waals surface area contributed by atoms with Gasteiger partial charge in [0.15, 0.2) is 11.7 Å². The summed E-state index contributed by atoms with van der Waals surface area (Å²) in [5.41, 5.74) is 1.13. The molecule has 5 heteroatoms. The maximum Gasteiger partial charge on any atom is 0.188 e. The molecular weight excluding hydrogens is 342 g/mol. The molecule has 0 radical (unpaired) electrons. The lowest BCUT2D eigenvalue weighted by Gasteiger charge is -2.16. The first kappa shape index (κ1) is 23.2. The summed E-state index contributed by atoms with van der Waals surface area (Å²) in [5.74, 6) is 1.59. The Labute approximate surface area is 163 Å². The second-order valence-corrected chi connectivity index (χ2v) is 7.59. The first-order valence-corrected chi connectivity index (χ1v) is 9.93. The molecule has 0 aliphatic heterocycles. The second-order valence-electron chi connectivity index (χ2n) is 7.59. The highest BCUT2D eigenvalue weighted by Crippen LogP contribution is 2.26. The van der Waals surface area contributed by atoms with E-state index in [4.69, 9.17) is 9.47 Å². The molecule has 1 atom stereocenters. The van der Waals surface area contributed by atoms with Crippen LogP contribution in [0.15, 0.2) is 23.2 Å². The third-order valence-electron chi connectivity index (χ3n) is 3.94. The van der Waals surface area contributed by atoms with Crippen LogP contribution in [0.2, 0.25) is 0 Å². The van der Waals surface area contributed by atoms with Gasteiger partial charge in [-0.1, -0.05) is 20.8 Å². The Balaban J connectivity index is 2.92. The Hall–Kier alpha value is -1.88. The summed E-state index contributed by atoms with van der Waals surface area (Å²) in [7, 11) is 0. The summed E-state index contributed by atoms with van der Waals surface area (Å²) in [6.45, 7) is 11.9. The fourth-order valence-corrected chi connectivity index (χ4v) is 2.55. The zero-order valence-electron chi connectivity index (χ0n) is 17.6. The largest absolute Gasteiger partial charge is 0.490 e. The van der Waals surface area contributed by atoms with Crippen molar-refractivity contribution in [2.24, 2.45) is 10.9 Å². The molecule has 27 heavy (non-hydrogen) atoms. The van der Waals surface area contributed by atoms with Crippen molar-refractivity contribution >= 4 is 17.4 Å². The number of rotatable bonds is 11. The lowest BCUT2D eigenvalue weighted by atomic mass is 10.1. The molecule has 5 nitrogen and oxygen atoms in total. The number of hydrogen-bond donors (Lipinski definition) is 1. The van der Waals surface area contributed by atoms with Gasteiger partial charge in [-0.25, -0.2) is 4.99 Å². The van der Waals surface area contributed by atoms with Crippen LogP contribution in [0.1, 0.15) is 77.6 Å². The molecule has 0 saturated carbocycles. The van der Waals surface area contributed by atoms with Crippen LogP contribution in [0.3, 0.4) is 0 Å². The van der Waals surface area contributed by atoms with Gasteiger partial charge in [-0.15, -0.1) is 0 Å². The minimum absolute atomic E-state index is 0.0533. The minimum Gasteiger partial charge on any atom is -0.490 e. The monoisotopic (exact) mass is 377 g/mol. The van der Waals surface area contributed by atoms with Gasteiger partial charge in [0.2, 0.25) is 0 Å². The first-order valence-electron chi connectivity index (χ1n) is 9.93. The van der Waals surface area contributed by atoms with Gasteiger partial charge >= 0.3 is 0 Å². The molecule has 0 heterocycles. The normalized spacial score (nSPS) is 13.1. The van der Waals surface area contributed by atoms with Crippen molar-refractivity contribution in [2.75, 3.05) is 6.61 Å². The molecule has 0 spiro atoms. The van der Waals surface area contributed by atoms with Crippen LogP contribution >= 0.6 is 0 Å². The van der Waals surface area contributed by atoms with Crippen molar-refractivity contribution in [2.45, 2.75) is 79.4 Å². The number of Topliss-reactive ketones (excluding diaryl/α,β-unsaturated/α-hetero) is 1. The topological polar surface area (TPSA) is 68.1 Å². The van der Waals surface area contributed by atoms with Crippen LogP contribution in [0.4, 0.5) is 5.69 Å². The Morgan fingerprint density at radius 2 is 1.89 bits per heavy atom. The van der Waals surface area contributed by atoms with Crippen LogP contribution in [-0.2, 0) is 4.74 Å². The van der Waals surface area contributed by atoms with Crippen LogP contribution in [-0.4, -0.2) is 35.6 Å². The highest BCUT2D eigenvalue weighted by molar-refractivity contribution is 5.98. The van der Waals surface area contributed by atoms with E-state index in [0.29, 0.717) is 35.2 Å². The van der Waals surface area contributed by atoms with E-state index in [1.165, 1.54) is 6.92 Å². The van der Waals surface area contributed by atoms with E-state index >= 15 is 0 Å². The van der Waals surface area contributed by atoms with E-state index < -0.39 is 6.10 Å². The van der Waals surface area contributed by atoms with Crippen molar-refractivity contribution in [3.05, 3.63) is 23.8 Å². The van der Waals surface area contributed by atoms with Crippen molar-refractivity contribution in [1.29, 1.82) is 0 Å². The van der Waals surface area contributed by atoms with E-state index in [2.05, 4.69) is 25.8 Å². The van der Waals surface area contributed by atoms with Gasteiger partial charge in [-0.3, -0.25) is 4.79 Å². The summed E-state index contributed by atoms with van der Waals surface area (Å²) in [5, 5.41) is 10.1. The third kappa shape index (κ3) is 9.05. The molecule has 0 fully saturated rings. The maximum atomic E-state index is 12.0. The Bertz CT molecular complexity index is 623. The smallest absolute Gasteiger partial charge is 0.188 e. The molecule has 0 aliphatic rings. The summed E-state index contributed by atoms with van der Waals surface area (Å²) in [6, 6.07) is 5.27. The van der Waals surface area contributed by atoms with Crippen LogP contribution in [0.25, 0.3) is 0 Å². The standard InChI is InChI=1S/C22H35NO4/c1-7-8-22(27-16(4)5)23-18-10-12-21(20(13-18)17(6)24)26-14-19(25)11-9-15(2)3/h10,12-13,15-16,19,25H,7-9,11,14H2,1-6H3. The lowest BCUT2D eigenvalue weighted by molar-refractivity contribution is 0.0917. The van der Waals surface area contributed by atoms with Crippen molar-refractivity contribution in [3.63, 3.8) is 0 Å². The second kappa shape index (κ2) is 11.8. The number of nitrogens with zero attached hydrogens (tertiary/aromatic N) is 1. The maximum absolute atomic E-state index is 12.0. The van der Waals surface area contributed by atoms with Crippen LogP contribution in [0.5, 0.6) is 5.75 Å². The fourth-order valence-electron chi connectivity index (χ4n) is 2.55. The number of ether oxygens (including phenoxy) is 2. The average Bonchev–Trinajstić information content (AvgIpc) is 2.58. The van der Waals surface area contributed by atoms with Gasteiger partial charge in [0.1, 0.15) is 12.4 Å². The molecule has 1 aromatic rings. The van der Waals surface area contributed by atoms with E-state index in [-0.39, 0.29) is 18.5 Å². The van der Waals surface area contributed by atoms with Gasteiger partial charge in [0, 0.05) is 6.42 Å². The van der Waals surface area contributed by atoms with Crippen molar-refractivity contribution in [3.8, 4) is 5.75 Å². The fraction of sp³-hybridized carbons (Fsp3) is 0.636. The number of hydrogen-bond acceptors (Lipinski definition) is 5. The summed E-state index contributed by atoms with van der Waals surface area (Å²) in [4.78, 5) is 16.6. The van der Waals surface area contributed by atoms with Crippen molar-refractivity contribution < 1.29 is 19.4 Å². The molecule has 0 bridgehead atoms. The Kier molecular flexibility index (Phi) is 10.1. The molecule has 1 N–H and O–H groups in total. The highest BCUT2D eigenvalue weighted by Gasteiger charge is 2.13. The minimum atomic E-state index is -0.541. The zero-order valence-corrected chi connectivity index (χ0v) is 17.6. The molecule has 0 saturated heterocycles. The first-order chi connectivity index (χ1) is 12.7. The highest BCUT2D eigenvalue weighted by atomic mass is 16.5. The lowest BCUT2D eigenvalue weighted by Crippen LogP contribution is -2.19. The number of aliphatic hydroxyl groups is 1. The number of carbonyl (C=O) groups is 1. The van der Waals surface area contributed by atoms with Gasteiger partial charge in [-0.05, 0) is 64.2 Å².